The fraction of sp³-hybridized carbons (Fsp3) is 0.385. The smallest absolute Gasteiger partial charge is 0.295 e. The third kappa shape index (κ3) is 5.23. The predicted molar refractivity (Wildman–Crippen MR) is 129 cm³/mol. The molecular formula is C26H30ClNO5. The molecule has 6 nitrogen and oxygen atoms in total. The lowest BCUT2D eigenvalue weighted by molar-refractivity contribution is -0.140. The number of methoxy groups -OCH3 is 1. The van der Waals surface area contributed by atoms with Crippen LogP contribution in [-0.4, -0.2) is 48.6 Å². The number of rotatable bonds is 9. The van der Waals surface area contributed by atoms with Crippen molar-refractivity contribution in [3.05, 3.63) is 69.8 Å². The zero-order chi connectivity index (χ0) is 24.1. The second kappa shape index (κ2) is 10.9. The maximum atomic E-state index is 13.1. The number of carbonyl (C=O) groups is 2. The van der Waals surface area contributed by atoms with Crippen molar-refractivity contribution in [1.82, 2.24) is 4.90 Å². The Bertz CT molecular complexity index is 1050. The minimum Gasteiger partial charge on any atom is -0.507 e. The van der Waals surface area contributed by atoms with Crippen LogP contribution >= 0.6 is 11.6 Å². The molecule has 0 aliphatic carbocycles. The third-order valence-corrected chi connectivity index (χ3v) is 6.01. The van der Waals surface area contributed by atoms with Crippen LogP contribution in [0.15, 0.2) is 48.0 Å². The molecule has 1 fully saturated rings. The average molecular weight is 472 g/mol. The van der Waals surface area contributed by atoms with Crippen molar-refractivity contribution in [2.75, 3.05) is 26.9 Å². The molecule has 33 heavy (non-hydrogen) atoms. The summed E-state index contributed by atoms with van der Waals surface area (Å²) < 4.78 is 10.6. The van der Waals surface area contributed by atoms with Crippen LogP contribution in [0, 0.1) is 0 Å². The van der Waals surface area contributed by atoms with Crippen LogP contribution in [-0.2, 0) is 14.3 Å². The van der Waals surface area contributed by atoms with Gasteiger partial charge in [-0.2, -0.15) is 0 Å². The van der Waals surface area contributed by atoms with E-state index in [0.29, 0.717) is 48.4 Å². The molecule has 7 heteroatoms. The van der Waals surface area contributed by atoms with Crippen LogP contribution in [0.3, 0.4) is 0 Å². The van der Waals surface area contributed by atoms with Crippen LogP contribution in [0.4, 0.5) is 0 Å². The van der Waals surface area contributed by atoms with Crippen molar-refractivity contribution in [2.45, 2.75) is 39.2 Å². The minimum atomic E-state index is -0.715. The van der Waals surface area contributed by atoms with Gasteiger partial charge in [-0.1, -0.05) is 49.7 Å². The summed E-state index contributed by atoms with van der Waals surface area (Å²) in [7, 11) is 1.59. The van der Waals surface area contributed by atoms with Gasteiger partial charge in [0.15, 0.2) is 0 Å². The number of benzene rings is 2. The molecule has 176 valence electrons. The molecule has 1 saturated heterocycles. The summed E-state index contributed by atoms with van der Waals surface area (Å²) in [4.78, 5) is 27.5. The minimum absolute atomic E-state index is 0.0509. The Morgan fingerprint density at radius 2 is 1.85 bits per heavy atom. The number of nitrogens with zero attached hydrogens (tertiary/aromatic N) is 1. The Morgan fingerprint density at radius 1 is 1.15 bits per heavy atom. The maximum absolute atomic E-state index is 13.1. The van der Waals surface area contributed by atoms with Crippen LogP contribution in [0.25, 0.3) is 5.76 Å². The number of hydrogen-bond acceptors (Lipinski definition) is 5. The van der Waals surface area contributed by atoms with Gasteiger partial charge >= 0.3 is 0 Å². The van der Waals surface area contributed by atoms with Crippen molar-refractivity contribution >= 4 is 29.1 Å². The van der Waals surface area contributed by atoms with E-state index in [0.717, 1.165) is 11.1 Å². The van der Waals surface area contributed by atoms with E-state index in [9.17, 15) is 14.7 Å². The van der Waals surface area contributed by atoms with E-state index in [1.54, 1.807) is 25.3 Å². The lowest BCUT2D eigenvalue weighted by Crippen LogP contribution is -2.31. The summed E-state index contributed by atoms with van der Waals surface area (Å²) in [6.45, 7) is 7.28. The Morgan fingerprint density at radius 3 is 2.42 bits per heavy atom. The van der Waals surface area contributed by atoms with E-state index in [-0.39, 0.29) is 11.3 Å². The zero-order valence-electron chi connectivity index (χ0n) is 19.4. The summed E-state index contributed by atoms with van der Waals surface area (Å²) in [6.07, 6.45) is 0.568. The Kier molecular flexibility index (Phi) is 8.16. The number of halogens is 1. The molecule has 1 amide bonds. The van der Waals surface area contributed by atoms with Gasteiger partial charge in [0, 0.05) is 25.8 Å². The molecule has 1 heterocycles. The molecule has 3 rings (SSSR count). The van der Waals surface area contributed by atoms with Gasteiger partial charge in [0.25, 0.3) is 11.7 Å². The van der Waals surface area contributed by atoms with E-state index in [2.05, 4.69) is 13.8 Å². The van der Waals surface area contributed by atoms with Crippen molar-refractivity contribution in [3.8, 4) is 5.75 Å². The van der Waals surface area contributed by atoms with Gasteiger partial charge in [0.2, 0.25) is 0 Å². The number of Topliss-reactive ketones (excluding diaryl/α,β-unsaturated/α-hetero) is 1. The first-order valence-corrected chi connectivity index (χ1v) is 11.5. The normalized spacial score (nSPS) is 17.8. The monoisotopic (exact) mass is 471 g/mol. The number of aliphatic hydroxyl groups is 1. The largest absolute Gasteiger partial charge is 0.507 e. The Hall–Kier alpha value is -2.83. The molecule has 1 atom stereocenters. The van der Waals surface area contributed by atoms with Gasteiger partial charge in [-0.3, -0.25) is 9.59 Å². The second-order valence-electron chi connectivity index (χ2n) is 8.24. The maximum Gasteiger partial charge on any atom is 0.295 e. The number of hydrogen-bond donors (Lipinski definition) is 1. The highest BCUT2D eigenvalue weighted by Crippen LogP contribution is 2.40. The van der Waals surface area contributed by atoms with Gasteiger partial charge in [-0.25, -0.2) is 0 Å². The highest BCUT2D eigenvalue weighted by Gasteiger charge is 2.45. The third-order valence-electron chi connectivity index (χ3n) is 5.71. The van der Waals surface area contributed by atoms with Crippen molar-refractivity contribution in [2.24, 2.45) is 0 Å². The number of amides is 1. The second-order valence-corrected chi connectivity index (χ2v) is 8.65. The lowest BCUT2D eigenvalue weighted by atomic mass is 9.93. The van der Waals surface area contributed by atoms with Crippen LogP contribution < -0.4 is 4.74 Å². The number of ketones is 1. The molecule has 0 spiro atoms. The molecule has 1 N–H and O–H groups in total. The molecule has 0 bridgehead atoms. The first-order valence-electron chi connectivity index (χ1n) is 11.1. The molecule has 0 radical (unpaired) electrons. The van der Waals surface area contributed by atoms with Crippen LogP contribution in [0.2, 0.25) is 5.02 Å². The molecule has 0 saturated carbocycles. The fourth-order valence-corrected chi connectivity index (χ4v) is 4.21. The summed E-state index contributed by atoms with van der Waals surface area (Å²) >= 11 is 6.30. The summed E-state index contributed by atoms with van der Waals surface area (Å²) in [5.41, 5.74) is 2.31. The highest BCUT2D eigenvalue weighted by molar-refractivity contribution is 6.46. The first-order chi connectivity index (χ1) is 15.8. The Labute approximate surface area is 199 Å². The lowest BCUT2D eigenvalue weighted by Gasteiger charge is -2.25. The van der Waals surface area contributed by atoms with Crippen LogP contribution in [0.5, 0.6) is 5.75 Å². The first kappa shape index (κ1) is 24.8. The Balaban J connectivity index is 2.10. The summed E-state index contributed by atoms with van der Waals surface area (Å²) in [5, 5.41) is 11.5. The fourth-order valence-electron chi connectivity index (χ4n) is 3.98. The molecular weight excluding hydrogens is 442 g/mol. The quantitative estimate of drug-likeness (QED) is 0.232. The average Bonchev–Trinajstić information content (AvgIpc) is 3.05. The van der Waals surface area contributed by atoms with Crippen molar-refractivity contribution in [1.29, 1.82) is 0 Å². The number of ether oxygens (including phenoxy) is 2. The van der Waals surface area contributed by atoms with E-state index in [1.807, 2.05) is 31.2 Å². The van der Waals surface area contributed by atoms with Crippen molar-refractivity contribution in [3.63, 3.8) is 0 Å². The molecule has 1 aliphatic rings. The molecule has 1 unspecified atom stereocenters. The van der Waals surface area contributed by atoms with Crippen molar-refractivity contribution < 1.29 is 24.2 Å². The highest BCUT2D eigenvalue weighted by atomic mass is 35.5. The number of carbonyl (C=O) groups excluding carboxylic acids is 2. The molecule has 0 aromatic heterocycles. The molecule has 1 aliphatic heterocycles. The predicted octanol–water partition coefficient (Wildman–Crippen LogP) is 5.32. The van der Waals surface area contributed by atoms with E-state index in [1.165, 1.54) is 4.90 Å². The van der Waals surface area contributed by atoms with Gasteiger partial charge in [-0.05, 0) is 48.6 Å². The van der Waals surface area contributed by atoms with Gasteiger partial charge < -0.3 is 19.5 Å². The van der Waals surface area contributed by atoms with E-state index >= 15 is 0 Å². The summed E-state index contributed by atoms with van der Waals surface area (Å²) in [5.74, 6) is -0.782. The van der Waals surface area contributed by atoms with Gasteiger partial charge in [-0.15, -0.1) is 0 Å². The van der Waals surface area contributed by atoms with E-state index in [4.69, 9.17) is 21.1 Å². The van der Waals surface area contributed by atoms with E-state index < -0.39 is 17.7 Å². The van der Waals surface area contributed by atoms with Gasteiger partial charge in [0.05, 0.1) is 23.2 Å². The number of likely N-dealkylation sites (tertiary alicyclic amines) is 1. The summed E-state index contributed by atoms with van der Waals surface area (Å²) in [6, 6.07) is 11.9. The zero-order valence-corrected chi connectivity index (χ0v) is 20.2. The molecule has 2 aromatic carbocycles. The topological polar surface area (TPSA) is 76.1 Å². The van der Waals surface area contributed by atoms with Crippen LogP contribution in [0.1, 0.15) is 55.8 Å². The SMILES string of the molecule is CCOc1ccc(/C(O)=C2\C(=O)C(=O)N(CCCOC)C2c2ccc(C(C)C)cc2)cc1Cl. The standard InChI is InChI=1S/C26H30ClNO5/c1-5-33-21-12-11-19(15-20(21)27)24(29)22-23(18-9-7-17(8-10-18)16(2)3)28(13-6-14-32-4)26(31)25(22)30/h7-12,15-16,23,29H,5-6,13-14H2,1-4H3/b24-22+. The molecule has 2 aromatic rings. The number of aliphatic hydroxyl groups excluding tert-OH is 1. The van der Waals surface area contributed by atoms with Gasteiger partial charge in [0.1, 0.15) is 11.5 Å².